The summed E-state index contributed by atoms with van der Waals surface area (Å²) in [5.41, 5.74) is 0. The molecule has 3 heterocycles. The molecule has 0 spiro atoms. The van der Waals surface area contributed by atoms with Gasteiger partial charge in [-0.1, -0.05) is 6.07 Å². The Morgan fingerprint density at radius 1 is 1.07 bits per heavy atom. The molecule has 0 bridgehead atoms. The van der Waals surface area contributed by atoms with Crippen molar-refractivity contribution >= 4 is 35.1 Å². The van der Waals surface area contributed by atoms with Crippen LogP contribution < -0.4 is 4.90 Å². The van der Waals surface area contributed by atoms with Crippen LogP contribution in [-0.4, -0.2) is 87.6 Å². The molecule has 2 aromatic heterocycles. The summed E-state index contributed by atoms with van der Waals surface area (Å²) < 4.78 is 0. The fourth-order valence-electron chi connectivity index (χ4n) is 2.60. The molecule has 10 nitrogen and oxygen atoms in total. The number of aromatic nitrogens is 2. The average Bonchev–Trinajstić information content (AvgIpc) is 3.22. The number of hydrogen-bond acceptors (Lipinski definition) is 8. The van der Waals surface area contributed by atoms with Gasteiger partial charge in [0.15, 0.2) is 0 Å². The van der Waals surface area contributed by atoms with E-state index in [4.69, 9.17) is 19.8 Å². The van der Waals surface area contributed by atoms with Crippen molar-refractivity contribution in [2.24, 2.45) is 0 Å². The number of anilines is 1. The molecule has 2 N–H and O–H groups in total. The molecule has 11 heteroatoms. The van der Waals surface area contributed by atoms with Crippen LogP contribution in [0.25, 0.3) is 0 Å². The lowest BCUT2D eigenvalue weighted by Gasteiger charge is -2.34. The second kappa shape index (κ2) is 11.1. The van der Waals surface area contributed by atoms with Crippen LogP contribution in [0, 0.1) is 0 Å². The number of piperazine rings is 1. The molecule has 29 heavy (non-hydrogen) atoms. The van der Waals surface area contributed by atoms with E-state index in [2.05, 4.69) is 25.8 Å². The molecule has 1 aliphatic heterocycles. The molecule has 0 atom stereocenters. The van der Waals surface area contributed by atoms with E-state index in [1.165, 1.54) is 4.88 Å². The van der Waals surface area contributed by atoms with E-state index in [1.54, 1.807) is 28.6 Å². The van der Waals surface area contributed by atoms with E-state index in [-0.39, 0.29) is 5.91 Å². The number of thiophene rings is 1. The van der Waals surface area contributed by atoms with Crippen LogP contribution in [0.3, 0.4) is 0 Å². The third-order valence-electron chi connectivity index (χ3n) is 4.15. The van der Waals surface area contributed by atoms with Gasteiger partial charge in [-0.25, -0.2) is 19.6 Å². The minimum atomic E-state index is -1.82. The number of carboxylic acids is 2. The van der Waals surface area contributed by atoms with Gasteiger partial charge in [0.05, 0.1) is 13.1 Å². The van der Waals surface area contributed by atoms with Crippen LogP contribution in [0.4, 0.5) is 5.95 Å². The summed E-state index contributed by atoms with van der Waals surface area (Å²) in [4.78, 5) is 46.5. The Morgan fingerprint density at radius 3 is 2.21 bits per heavy atom. The Labute approximate surface area is 172 Å². The van der Waals surface area contributed by atoms with Crippen molar-refractivity contribution in [3.05, 3.63) is 40.8 Å². The monoisotopic (exact) mass is 421 g/mol. The van der Waals surface area contributed by atoms with E-state index in [9.17, 15) is 4.79 Å². The van der Waals surface area contributed by atoms with Crippen LogP contribution in [0.5, 0.6) is 0 Å². The summed E-state index contributed by atoms with van der Waals surface area (Å²) in [7, 11) is 1.87. The van der Waals surface area contributed by atoms with Gasteiger partial charge in [0.25, 0.3) is 0 Å². The largest absolute Gasteiger partial charge is 0.473 e. The number of carbonyl (C=O) groups excluding carboxylic acids is 1. The van der Waals surface area contributed by atoms with Crippen molar-refractivity contribution in [3.8, 4) is 0 Å². The second-order valence-electron chi connectivity index (χ2n) is 6.25. The number of amides is 1. The van der Waals surface area contributed by atoms with Gasteiger partial charge in [-0.3, -0.25) is 9.69 Å². The quantitative estimate of drug-likeness (QED) is 0.662. The van der Waals surface area contributed by atoms with Crippen molar-refractivity contribution in [2.75, 3.05) is 44.7 Å². The minimum Gasteiger partial charge on any atom is -0.473 e. The molecule has 3 rings (SSSR count). The average molecular weight is 421 g/mol. The highest BCUT2D eigenvalue weighted by molar-refractivity contribution is 7.09. The van der Waals surface area contributed by atoms with E-state index in [0.717, 1.165) is 32.1 Å². The summed E-state index contributed by atoms with van der Waals surface area (Å²) in [6, 6.07) is 5.90. The zero-order valence-corrected chi connectivity index (χ0v) is 16.8. The fourth-order valence-corrected chi connectivity index (χ4v) is 3.35. The molecule has 2 aromatic rings. The van der Waals surface area contributed by atoms with E-state index in [1.807, 2.05) is 24.6 Å². The molecule has 0 aliphatic carbocycles. The SMILES string of the molecule is CN(Cc1cccs1)C(=O)CN1CCN(c2ncccn2)CC1.O=C(O)C(=O)O. The minimum absolute atomic E-state index is 0.169. The van der Waals surface area contributed by atoms with Gasteiger partial charge in [-0.05, 0) is 17.5 Å². The van der Waals surface area contributed by atoms with Crippen molar-refractivity contribution in [2.45, 2.75) is 6.54 Å². The maximum absolute atomic E-state index is 12.3. The Balaban J connectivity index is 0.000000438. The number of likely N-dealkylation sites (N-methyl/N-ethyl adjacent to an activating group) is 1. The molecule has 1 amide bonds. The summed E-state index contributed by atoms with van der Waals surface area (Å²) in [6.45, 7) is 4.59. The van der Waals surface area contributed by atoms with Gasteiger partial charge < -0.3 is 20.0 Å². The van der Waals surface area contributed by atoms with Crippen molar-refractivity contribution in [1.29, 1.82) is 0 Å². The van der Waals surface area contributed by atoms with Crippen molar-refractivity contribution in [1.82, 2.24) is 19.8 Å². The van der Waals surface area contributed by atoms with Crippen LogP contribution in [-0.2, 0) is 20.9 Å². The highest BCUT2D eigenvalue weighted by Crippen LogP contribution is 2.12. The lowest BCUT2D eigenvalue weighted by Crippen LogP contribution is -2.50. The zero-order valence-electron chi connectivity index (χ0n) is 16.0. The third-order valence-corrected chi connectivity index (χ3v) is 5.01. The molecule has 0 radical (unpaired) electrons. The summed E-state index contributed by atoms with van der Waals surface area (Å²) in [5, 5.41) is 16.8. The summed E-state index contributed by atoms with van der Waals surface area (Å²) >= 11 is 1.68. The Kier molecular flexibility index (Phi) is 8.49. The Morgan fingerprint density at radius 2 is 1.69 bits per heavy atom. The van der Waals surface area contributed by atoms with Gasteiger partial charge in [-0.15, -0.1) is 11.3 Å². The smallest absolute Gasteiger partial charge is 0.414 e. The molecule has 0 aromatic carbocycles. The predicted octanol–water partition coefficient (Wildman–Crippen LogP) is 0.474. The molecular formula is C18H23N5O5S. The van der Waals surface area contributed by atoms with Crippen LogP contribution >= 0.6 is 11.3 Å². The third kappa shape index (κ3) is 7.47. The first-order chi connectivity index (χ1) is 13.9. The number of rotatable bonds is 5. The maximum Gasteiger partial charge on any atom is 0.414 e. The second-order valence-corrected chi connectivity index (χ2v) is 7.28. The van der Waals surface area contributed by atoms with Gasteiger partial charge in [0, 0.05) is 50.5 Å². The summed E-state index contributed by atoms with van der Waals surface area (Å²) in [6.07, 6.45) is 3.52. The first-order valence-electron chi connectivity index (χ1n) is 8.83. The Hall–Kier alpha value is -3.05. The number of carbonyl (C=O) groups is 3. The van der Waals surface area contributed by atoms with E-state index < -0.39 is 11.9 Å². The number of hydrogen-bond donors (Lipinski definition) is 2. The molecule has 0 unspecified atom stereocenters. The van der Waals surface area contributed by atoms with Crippen molar-refractivity contribution in [3.63, 3.8) is 0 Å². The van der Waals surface area contributed by atoms with Gasteiger partial charge >= 0.3 is 11.9 Å². The van der Waals surface area contributed by atoms with E-state index in [0.29, 0.717) is 13.1 Å². The first kappa shape index (κ1) is 22.2. The lowest BCUT2D eigenvalue weighted by atomic mass is 10.3. The van der Waals surface area contributed by atoms with Crippen LogP contribution in [0.15, 0.2) is 36.0 Å². The van der Waals surface area contributed by atoms with Gasteiger partial charge in [0.1, 0.15) is 0 Å². The number of nitrogens with zero attached hydrogens (tertiary/aromatic N) is 5. The number of carboxylic acid groups (broad SMARTS) is 2. The number of aliphatic carboxylic acids is 2. The molecule has 0 saturated carbocycles. The Bertz CT molecular complexity index is 782. The maximum atomic E-state index is 12.3. The van der Waals surface area contributed by atoms with Crippen LogP contribution in [0.2, 0.25) is 0 Å². The molecule has 1 aliphatic rings. The molecule has 156 valence electrons. The first-order valence-corrected chi connectivity index (χ1v) is 9.71. The topological polar surface area (TPSA) is 127 Å². The lowest BCUT2D eigenvalue weighted by molar-refractivity contribution is -0.159. The standard InChI is InChI=1S/C16H21N5OS.C2H2O4/c1-19(12-14-4-2-11-23-14)15(22)13-20-7-9-21(10-8-20)16-17-5-3-6-18-16;3-1(4)2(5)6/h2-6,11H,7-10,12-13H2,1H3;(H,3,4)(H,5,6). The molecular weight excluding hydrogens is 398 g/mol. The fraction of sp³-hybridized carbons (Fsp3) is 0.389. The van der Waals surface area contributed by atoms with Gasteiger partial charge in [-0.2, -0.15) is 0 Å². The molecule has 1 fully saturated rings. The zero-order chi connectivity index (χ0) is 21.2. The van der Waals surface area contributed by atoms with Gasteiger partial charge in [0.2, 0.25) is 11.9 Å². The summed E-state index contributed by atoms with van der Waals surface area (Å²) in [5.74, 6) is -2.71. The highest BCUT2D eigenvalue weighted by Gasteiger charge is 2.21. The van der Waals surface area contributed by atoms with E-state index >= 15 is 0 Å². The van der Waals surface area contributed by atoms with Crippen LogP contribution in [0.1, 0.15) is 4.88 Å². The predicted molar refractivity (Wildman–Crippen MR) is 107 cm³/mol. The van der Waals surface area contributed by atoms with Crippen molar-refractivity contribution < 1.29 is 24.6 Å². The normalized spacial score (nSPS) is 13.9. The highest BCUT2D eigenvalue weighted by atomic mass is 32.1. The molecule has 1 saturated heterocycles.